The number of fused-ring (bicyclic) bond motifs is 1. The van der Waals surface area contributed by atoms with Crippen molar-refractivity contribution in [3.8, 4) is 17.2 Å². The first-order chi connectivity index (χ1) is 11.6. The number of hydrogen-bond acceptors (Lipinski definition) is 5. The predicted octanol–water partition coefficient (Wildman–Crippen LogP) is 2.72. The third kappa shape index (κ3) is 2.52. The molecule has 0 radical (unpaired) electrons. The molecule has 0 fully saturated rings. The van der Waals surface area contributed by atoms with Crippen LogP contribution in [0.15, 0.2) is 42.6 Å². The van der Waals surface area contributed by atoms with Crippen LogP contribution in [0.5, 0.6) is 17.2 Å². The van der Waals surface area contributed by atoms with Gasteiger partial charge in [0.2, 0.25) is 0 Å². The zero-order chi connectivity index (χ0) is 17.3. The number of aromatic hydroxyl groups is 1. The minimum absolute atomic E-state index is 0.0922. The molecule has 0 unspecified atom stereocenters. The minimum Gasteiger partial charge on any atom is -0.505 e. The molecule has 6 nitrogen and oxygen atoms in total. The maximum atomic E-state index is 11.5. The van der Waals surface area contributed by atoms with E-state index in [-0.39, 0.29) is 11.3 Å². The number of nitrogens with zero attached hydrogens (tertiary/aromatic N) is 1. The van der Waals surface area contributed by atoms with Gasteiger partial charge in [-0.25, -0.2) is 0 Å². The number of carbonyl (C=O) groups is 1. The van der Waals surface area contributed by atoms with Gasteiger partial charge in [0.1, 0.15) is 0 Å². The van der Waals surface area contributed by atoms with E-state index in [1.165, 1.54) is 0 Å². The first-order valence-electron chi connectivity index (χ1n) is 7.39. The van der Waals surface area contributed by atoms with E-state index < -0.39 is 5.91 Å². The molecule has 0 atom stereocenters. The molecule has 0 aromatic heterocycles. The van der Waals surface area contributed by atoms with Crippen molar-refractivity contribution >= 4 is 17.3 Å². The lowest BCUT2D eigenvalue weighted by Crippen LogP contribution is -2.18. The van der Waals surface area contributed by atoms with Gasteiger partial charge in [-0.3, -0.25) is 4.79 Å². The Bertz CT molecular complexity index is 830. The first-order valence-corrected chi connectivity index (χ1v) is 7.39. The van der Waals surface area contributed by atoms with E-state index in [9.17, 15) is 9.90 Å². The van der Waals surface area contributed by atoms with E-state index in [4.69, 9.17) is 15.2 Å². The van der Waals surface area contributed by atoms with E-state index in [0.717, 1.165) is 11.3 Å². The molecule has 24 heavy (non-hydrogen) atoms. The van der Waals surface area contributed by atoms with Crippen LogP contribution in [-0.4, -0.2) is 25.2 Å². The average Bonchev–Trinajstić information content (AvgIpc) is 2.60. The van der Waals surface area contributed by atoms with Crippen molar-refractivity contribution in [3.05, 3.63) is 53.7 Å². The van der Waals surface area contributed by atoms with Gasteiger partial charge < -0.3 is 25.2 Å². The van der Waals surface area contributed by atoms with E-state index in [2.05, 4.69) is 0 Å². The van der Waals surface area contributed by atoms with Gasteiger partial charge >= 0.3 is 0 Å². The van der Waals surface area contributed by atoms with Crippen LogP contribution < -0.4 is 20.1 Å². The molecule has 6 heteroatoms. The van der Waals surface area contributed by atoms with E-state index >= 15 is 0 Å². The summed E-state index contributed by atoms with van der Waals surface area (Å²) in [6.45, 7) is 0. The Balaban J connectivity index is 2.15. The monoisotopic (exact) mass is 326 g/mol. The summed E-state index contributed by atoms with van der Waals surface area (Å²) in [4.78, 5) is 13.3. The number of hydrogen-bond donors (Lipinski definition) is 2. The number of primary amides is 1. The topological polar surface area (TPSA) is 85.0 Å². The van der Waals surface area contributed by atoms with Gasteiger partial charge in [0, 0.05) is 18.0 Å². The molecule has 1 aliphatic heterocycles. The highest BCUT2D eigenvalue weighted by atomic mass is 16.5. The molecule has 0 saturated heterocycles. The summed E-state index contributed by atoms with van der Waals surface area (Å²) in [5, 5.41) is 10.5. The summed E-state index contributed by atoms with van der Waals surface area (Å²) in [5.74, 6) is 0.384. The second-order valence-corrected chi connectivity index (χ2v) is 5.33. The molecule has 1 heterocycles. The Morgan fingerprint density at radius 1 is 1.17 bits per heavy atom. The maximum absolute atomic E-state index is 11.5. The van der Waals surface area contributed by atoms with Crippen molar-refractivity contribution in [3.63, 3.8) is 0 Å². The summed E-state index contributed by atoms with van der Waals surface area (Å²) < 4.78 is 10.6. The molecule has 0 saturated carbocycles. The number of benzene rings is 2. The standard InChI is InChI=1S/C18H18N2O4/c1-23-14-8-6-12(10-15(14)24-2)20-9-3-4-11-5-7-13(18(19)22)17(21)16(11)20/h3,5-10,21H,4H2,1-2H3,(H2,19,22). The van der Waals surface area contributed by atoms with Crippen molar-refractivity contribution in [2.75, 3.05) is 19.1 Å². The zero-order valence-electron chi connectivity index (χ0n) is 13.4. The Morgan fingerprint density at radius 3 is 2.58 bits per heavy atom. The molecule has 2 aromatic carbocycles. The van der Waals surface area contributed by atoms with Gasteiger partial charge in [-0.15, -0.1) is 0 Å². The van der Waals surface area contributed by atoms with Crippen molar-refractivity contribution in [2.45, 2.75) is 6.42 Å². The van der Waals surface area contributed by atoms with Crippen molar-refractivity contribution in [2.24, 2.45) is 5.73 Å². The lowest BCUT2D eigenvalue weighted by Gasteiger charge is -2.28. The summed E-state index contributed by atoms with van der Waals surface area (Å²) >= 11 is 0. The SMILES string of the molecule is COc1ccc(N2C=CCc3ccc(C(N)=O)c(O)c32)cc1OC. The van der Waals surface area contributed by atoms with Gasteiger partial charge in [-0.2, -0.15) is 0 Å². The number of phenols is 1. The van der Waals surface area contributed by atoms with Crippen LogP contribution in [0.4, 0.5) is 11.4 Å². The van der Waals surface area contributed by atoms with Crippen molar-refractivity contribution < 1.29 is 19.4 Å². The molecule has 0 aliphatic carbocycles. The predicted molar refractivity (Wildman–Crippen MR) is 91.2 cm³/mol. The summed E-state index contributed by atoms with van der Waals surface area (Å²) in [6.07, 6.45) is 4.47. The fourth-order valence-electron chi connectivity index (χ4n) is 2.80. The lowest BCUT2D eigenvalue weighted by molar-refractivity contribution is 0.0998. The molecule has 3 N–H and O–H groups in total. The number of methoxy groups -OCH3 is 2. The number of ether oxygens (including phenoxy) is 2. The molecule has 0 spiro atoms. The molecule has 1 aliphatic rings. The van der Waals surface area contributed by atoms with Crippen LogP contribution in [0.3, 0.4) is 0 Å². The number of nitrogens with two attached hydrogens (primary N) is 1. The van der Waals surface area contributed by atoms with E-state index in [0.29, 0.717) is 23.6 Å². The third-order valence-corrected chi connectivity index (χ3v) is 3.98. The highest BCUT2D eigenvalue weighted by Crippen LogP contribution is 2.43. The molecule has 124 valence electrons. The molecule has 0 bridgehead atoms. The average molecular weight is 326 g/mol. The van der Waals surface area contributed by atoms with Crippen LogP contribution in [0.1, 0.15) is 15.9 Å². The van der Waals surface area contributed by atoms with Crippen LogP contribution in [-0.2, 0) is 6.42 Å². The van der Waals surface area contributed by atoms with Gasteiger partial charge in [-0.1, -0.05) is 12.1 Å². The lowest BCUT2D eigenvalue weighted by atomic mass is 10.0. The summed E-state index contributed by atoms with van der Waals surface area (Å²) in [5.41, 5.74) is 7.64. The van der Waals surface area contributed by atoms with Crippen LogP contribution in [0, 0.1) is 0 Å². The number of rotatable bonds is 4. The zero-order valence-corrected chi connectivity index (χ0v) is 13.4. The number of amides is 1. The largest absolute Gasteiger partial charge is 0.505 e. The molecular weight excluding hydrogens is 308 g/mol. The van der Waals surface area contributed by atoms with E-state index in [1.807, 2.05) is 18.3 Å². The Hall–Kier alpha value is -3.15. The second kappa shape index (κ2) is 6.16. The van der Waals surface area contributed by atoms with Gasteiger partial charge in [0.15, 0.2) is 17.2 Å². The van der Waals surface area contributed by atoms with Crippen LogP contribution in [0.25, 0.3) is 0 Å². The third-order valence-electron chi connectivity index (χ3n) is 3.98. The van der Waals surface area contributed by atoms with Crippen LogP contribution in [0.2, 0.25) is 0 Å². The summed E-state index contributed by atoms with van der Waals surface area (Å²) in [6, 6.07) is 8.77. The second-order valence-electron chi connectivity index (χ2n) is 5.33. The summed E-state index contributed by atoms with van der Waals surface area (Å²) in [7, 11) is 3.13. The normalized spacial score (nSPS) is 12.7. The fraction of sp³-hybridized carbons (Fsp3) is 0.167. The van der Waals surface area contributed by atoms with Gasteiger partial charge in [0.05, 0.1) is 25.5 Å². The van der Waals surface area contributed by atoms with E-state index in [1.54, 1.807) is 43.4 Å². The molecule has 3 rings (SSSR count). The number of carbonyl (C=O) groups excluding carboxylic acids is 1. The smallest absolute Gasteiger partial charge is 0.252 e. The minimum atomic E-state index is -0.669. The Kier molecular flexibility index (Phi) is 4.04. The number of anilines is 2. The van der Waals surface area contributed by atoms with Gasteiger partial charge in [0.25, 0.3) is 5.91 Å². The quantitative estimate of drug-likeness (QED) is 0.902. The molecule has 2 aromatic rings. The van der Waals surface area contributed by atoms with Crippen LogP contribution >= 0.6 is 0 Å². The van der Waals surface area contributed by atoms with Gasteiger partial charge in [-0.05, 0) is 30.2 Å². The fourth-order valence-corrected chi connectivity index (χ4v) is 2.80. The molecule has 1 amide bonds. The maximum Gasteiger partial charge on any atom is 0.252 e. The Labute approximate surface area is 139 Å². The molecular formula is C18H18N2O4. The number of allylic oxidation sites excluding steroid dienone is 1. The van der Waals surface area contributed by atoms with Crippen molar-refractivity contribution in [1.82, 2.24) is 0 Å². The highest BCUT2D eigenvalue weighted by Gasteiger charge is 2.23. The van der Waals surface area contributed by atoms with Crippen molar-refractivity contribution in [1.29, 1.82) is 0 Å². The highest BCUT2D eigenvalue weighted by molar-refractivity contribution is 5.99. The Morgan fingerprint density at radius 2 is 1.92 bits per heavy atom. The first kappa shape index (κ1) is 15.7.